The zero-order chi connectivity index (χ0) is 13.9. The van der Waals surface area contributed by atoms with Gasteiger partial charge in [-0.3, -0.25) is 0 Å². The highest BCUT2D eigenvalue weighted by Gasteiger charge is 2.20. The van der Waals surface area contributed by atoms with Crippen LogP contribution in [-0.4, -0.2) is 0 Å². The fraction of sp³-hybridized carbons (Fsp3) is 0.368. The lowest BCUT2D eigenvalue weighted by atomic mass is 9.79. The van der Waals surface area contributed by atoms with Crippen LogP contribution in [-0.2, 0) is 11.8 Å². The van der Waals surface area contributed by atoms with Gasteiger partial charge in [0.25, 0.3) is 0 Å². The van der Waals surface area contributed by atoms with Gasteiger partial charge in [-0.1, -0.05) is 82.3 Å². The van der Waals surface area contributed by atoms with Crippen LogP contribution in [0.15, 0.2) is 54.6 Å². The van der Waals surface area contributed by atoms with E-state index >= 15 is 0 Å². The molecule has 0 aromatic heterocycles. The van der Waals surface area contributed by atoms with E-state index in [0.717, 1.165) is 6.42 Å². The molecule has 0 amide bonds. The van der Waals surface area contributed by atoms with Crippen LogP contribution < -0.4 is 0 Å². The summed E-state index contributed by atoms with van der Waals surface area (Å²) in [7, 11) is 0. The van der Waals surface area contributed by atoms with Gasteiger partial charge in [-0.2, -0.15) is 0 Å². The first kappa shape index (κ1) is 13.9. The van der Waals surface area contributed by atoms with Crippen LogP contribution >= 0.6 is 0 Å². The summed E-state index contributed by atoms with van der Waals surface area (Å²) in [6.45, 7) is 9.11. The molecule has 0 heterocycles. The molecule has 0 radical (unpaired) electrons. The van der Waals surface area contributed by atoms with Crippen molar-refractivity contribution in [2.75, 3.05) is 0 Å². The predicted octanol–water partition coefficient (Wildman–Crippen LogP) is 5.33. The average molecular weight is 252 g/mol. The summed E-state index contributed by atoms with van der Waals surface area (Å²) >= 11 is 0. The van der Waals surface area contributed by atoms with Gasteiger partial charge in [-0.25, -0.2) is 0 Å². The monoisotopic (exact) mass is 252 g/mol. The van der Waals surface area contributed by atoms with Gasteiger partial charge in [0.2, 0.25) is 0 Å². The maximum Gasteiger partial charge on any atom is -0.00632 e. The Morgan fingerprint density at radius 2 is 1.42 bits per heavy atom. The summed E-state index contributed by atoms with van der Waals surface area (Å²) < 4.78 is 0. The van der Waals surface area contributed by atoms with E-state index in [4.69, 9.17) is 0 Å². The van der Waals surface area contributed by atoms with Gasteiger partial charge in [0.15, 0.2) is 0 Å². The molecular weight excluding hydrogens is 228 g/mol. The highest BCUT2D eigenvalue weighted by Crippen LogP contribution is 2.28. The van der Waals surface area contributed by atoms with Crippen LogP contribution in [0, 0.1) is 0 Å². The van der Waals surface area contributed by atoms with E-state index in [1.54, 1.807) is 0 Å². The maximum atomic E-state index is 2.32. The van der Waals surface area contributed by atoms with Crippen LogP contribution in [0.25, 0.3) is 0 Å². The Morgan fingerprint density at radius 1 is 0.842 bits per heavy atom. The smallest absolute Gasteiger partial charge is 0.00632 e. The third kappa shape index (κ3) is 3.47. The third-order valence-corrected chi connectivity index (χ3v) is 3.85. The van der Waals surface area contributed by atoms with Gasteiger partial charge in [0, 0.05) is 0 Å². The molecule has 0 aliphatic rings. The molecule has 0 heteroatoms. The SMILES string of the molecule is CC(C)c1ccc(CC(C)(C)c2ccccc2)cc1. The number of rotatable bonds is 4. The fourth-order valence-electron chi connectivity index (χ4n) is 2.52. The lowest BCUT2D eigenvalue weighted by molar-refractivity contribution is 0.522. The van der Waals surface area contributed by atoms with E-state index in [1.807, 2.05) is 0 Å². The molecule has 0 N–H and O–H groups in total. The van der Waals surface area contributed by atoms with Gasteiger partial charge < -0.3 is 0 Å². The van der Waals surface area contributed by atoms with Crippen molar-refractivity contribution < 1.29 is 0 Å². The molecule has 2 aromatic rings. The summed E-state index contributed by atoms with van der Waals surface area (Å²) in [5, 5.41) is 0. The first-order valence-corrected chi connectivity index (χ1v) is 7.13. The lowest BCUT2D eigenvalue weighted by Crippen LogP contribution is -2.20. The van der Waals surface area contributed by atoms with E-state index in [0.29, 0.717) is 5.92 Å². The average Bonchev–Trinajstić information content (AvgIpc) is 2.40. The summed E-state index contributed by atoms with van der Waals surface area (Å²) in [5.41, 5.74) is 4.42. The first-order chi connectivity index (χ1) is 8.99. The second kappa shape index (κ2) is 5.61. The molecule has 0 saturated carbocycles. The Kier molecular flexibility index (Phi) is 4.09. The molecule has 0 atom stereocenters. The number of hydrogen-bond donors (Lipinski definition) is 0. The van der Waals surface area contributed by atoms with E-state index in [2.05, 4.69) is 82.3 Å². The van der Waals surface area contributed by atoms with Crippen molar-refractivity contribution >= 4 is 0 Å². The van der Waals surface area contributed by atoms with Crippen molar-refractivity contribution in [3.8, 4) is 0 Å². The van der Waals surface area contributed by atoms with E-state index in [-0.39, 0.29) is 5.41 Å². The van der Waals surface area contributed by atoms with Crippen molar-refractivity contribution in [1.29, 1.82) is 0 Å². The molecule has 0 saturated heterocycles. The Hall–Kier alpha value is -1.56. The fourth-order valence-corrected chi connectivity index (χ4v) is 2.52. The second-order valence-electron chi connectivity index (χ2n) is 6.32. The Labute approximate surface area is 117 Å². The maximum absolute atomic E-state index is 2.32. The molecule has 2 aromatic carbocycles. The first-order valence-electron chi connectivity index (χ1n) is 7.13. The Balaban J connectivity index is 2.16. The largest absolute Gasteiger partial charge is 0.0622 e. The standard InChI is InChI=1S/C19H24/c1-15(2)17-12-10-16(11-13-17)14-19(3,4)18-8-6-5-7-9-18/h5-13,15H,14H2,1-4H3. The predicted molar refractivity (Wildman–Crippen MR) is 83.7 cm³/mol. The molecule has 0 aliphatic heterocycles. The molecule has 0 aliphatic carbocycles. The van der Waals surface area contributed by atoms with Gasteiger partial charge in [-0.15, -0.1) is 0 Å². The minimum Gasteiger partial charge on any atom is -0.0622 e. The number of benzene rings is 2. The quantitative estimate of drug-likeness (QED) is 0.690. The van der Waals surface area contributed by atoms with Crippen molar-refractivity contribution in [1.82, 2.24) is 0 Å². The normalized spacial score (nSPS) is 11.8. The molecule has 0 bridgehead atoms. The van der Waals surface area contributed by atoms with Crippen LogP contribution in [0.4, 0.5) is 0 Å². The molecule has 0 unspecified atom stereocenters. The molecule has 100 valence electrons. The third-order valence-electron chi connectivity index (χ3n) is 3.85. The summed E-state index contributed by atoms with van der Waals surface area (Å²) in [4.78, 5) is 0. The van der Waals surface area contributed by atoms with E-state index in [9.17, 15) is 0 Å². The molecule has 19 heavy (non-hydrogen) atoms. The topological polar surface area (TPSA) is 0 Å². The van der Waals surface area contributed by atoms with Crippen molar-refractivity contribution in [3.63, 3.8) is 0 Å². The Bertz CT molecular complexity index is 503. The van der Waals surface area contributed by atoms with Crippen molar-refractivity contribution in [2.45, 2.75) is 45.4 Å². The summed E-state index contributed by atoms with van der Waals surface area (Å²) in [6.07, 6.45) is 1.08. The zero-order valence-electron chi connectivity index (χ0n) is 12.5. The minimum atomic E-state index is 0.181. The lowest BCUT2D eigenvalue weighted by Gasteiger charge is -2.25. The molecule has 0 spiro atoms. The Morgan fingerprint density at radius 3 is 1.95 bits per heavy atom. The minimum absolute atomic E-state index is 0.181. The molecule has 0 nitrogen and oxygen atoms in total. The van der Waals surface area contributed by atoms with Crippen LogP contribution in [0.2, 0.25) is 0 Å². The second-order valence-corrected chi connectivity index (χ2v) is 6.32. The van der Waals surface area contributed by atoms with E-state index < -0.39 is 0 Å². The van der Waals surface area contributed by atoms with Gasteiger partial charge >= 0.3 is 0 Å². The summed E-state index contributed by atoms with van der Waals surface area (Å²) in [6, 6.07) is 19.9. The molecule has 2 rings (SSSR count). The molecular formula is C19H24. The van der Waals surface area contributed by atoms with Gasteiger partial charge in [-0.05, 0) is 34.4 Å². The van der Waals surface area contributed by atoms with Crippen LogP contribution in [0.1, 0.15) is 50.3 Å². The van der Waals surface area contributed by atoms with Crippen LogP contribution in [0.3, 0.4) is 0 Å². The highest BCUT2D eigenvalue weighted by atomic mass is 14.2. The zero-order valence-corrected chi connectivity index (χ0v) is 12.5. The van der Waals surface area contributed by atoms with Gasteiger partial charge in [0.05, 0.1) is 0 Å². The van der Waals surface area contributed by atoms with Crippen LogP contribution in [0.5, 0.6) is 0 Å². The van der Waals surface area contributed by atoms with Crippen molar-refractivity contribution in [3.05, 3.63) is 71.3 Å². The highest BCUT2D eigenvalue weighted by molar-refractivity contribution is 5.30. The van der Waals surface area contributed by atoms with Crippen molar-refractivity contribution in [2.24, 2.45) is 0 Å². The summed E-state index contributed by atoms with van der Waals surface area (Å²) in [5.74, 6) is 0.608. The molecule has 0 fully saturated rings. The number of hydrogen-bond acceptors (Lipinski definition) is 0. The van der Waals surface area contributed by atoms with E-state index in [1.165, 1.54) is 16.7 Å². The van der Waals surface area contributed by atoms with Gasteiger partial charge in [0.1, 0.15) is 0 Å².